The zero-order valence-electron chi connectivity index (χ0n) is 11.2. The molecule has 1 fully saturated rings. The standard InChI is InChI=1S/C13H21BrN2S.2ClH/c1-2-3-4-12(13-11(14)5-10-17-13)16-8-6-15-7-9-16;;/h5,10,12,15H,2-4,6-9H2,1H3;2*1H/t12-;;/m1../s1. The Bertz CT molecular complexity index is 343. The van der Waals surface area contributed by atoms with Crippen LogP contribution in [-0.4, -0.2) is 31.1 Å². The summed E-state index contributed by atoms with van der Waals surface area (Å²) in [6, 6.07) is 2.80. The molecular formula is C13H23BrCl2N2S. The summed E-state index contributed by atoms with van der Waals surface area (Å²) in [5.41, 5.74) is 0. The molecule has 112 valence electrons. The van der Waals surface area contributed by atoms with E-state index in [9.17, 15) is 0 Å². The summed E-state index contributed by atoms with van der Waals surface area (Å²) < 4.78 is 1.29. The molecule has 0 radical (unpaired) electrons. The molecule has 0 unspecified atom stereocenters. The minimum Gasteiger partial charge on any atom is -0.314 e. The molecule has 19 heavy (non-hydrogen) atoms. The Hall–Kier alpha value is 0.680. The van der Waals surface area contributed by atoms with Gasteiger partial charge in [-0.15, -0.1) is 36.2 Å². The zero-order chi connectivity index (χ0) is 12.1. The molecular weight excluding hydrogens is 367 g/mol. The van der Waals surface area contributed by atoms with Crippen molar-refractivity contribution >= 4 is 52.1 Å². The van der Waals surface area contributed by atoms with Crippen LogP contribution in [0.5, 0.6) is 0 Å². The van der Waals surface area contributed by atoms with E-state index in [1.165, 1.54) is 41.7 Å². The van der Waals surface area contributed by atoms with Gasteiger partial charge in [0.1, 0.15) is 0 Å². The lowest BCUT2D eigenvalue weighted by molar-refractivity contribution is 0.165. The SMILES string of the molecule is CCCC[C@H](c1sccc1Br)N1CCNCC1.Cl.Cl. The van der Waals surface area contributed by atoms with Crippen molar-refractivity contribution in [2.45, 2.75) is 32.2 Å². The highest BCUT2D eigenvalue weighted by molar-refractivity contribution is 9.10. The monoisotopic (exact) mass is 388 g/mol. The molecule has 1 atom stereocenters. The van der Waals surface area contributed by atoms with Gasteiger partial charge in [0.25, 0.3) is 0 Å². The first kappa shape index (κ1) is 19.7. The van der Waals surface area contributed by atoms with Gasteiger partial charge in [0.2, 0.25) is 0 Å². The lowest BCUT2D eigenvalue weighted by Gasteiger charge is -2.34. The molecule has 1 saturated heterocycles. The molecule has 6 heteroatoms. The third-order valence-electron chi connectivity index (χ3n) is 3.37. The van der Waals surface area contributed by atoms with Gasteiger partial charge in [-0.3, -0.25) is 4.90 Å². The summed E-state index contributed by atoms with van der Waals surface area (Å²) in [6.45, 7) is 6.90. The predicted octanol–water partition coefficient (Wildman–Crippen LogP) is 4.49. The second-order valence-corrected chi connectivity index (χ2v) is 6.38. The van der Waals surface area contributed by atoms with Gasteiger partial charge in [-0.25, -0.2) is 0 Å². The van der Waals surface area contributed by atoms with E-state index < -0.39 is 0 Å². The third kappa shape index (κ3) is 5.52. The Labute approximate surface area is 141 Å². The highest BCUT2D eigenvalue weighted by Gasteiger charge is 2.24. The summed E-state index contributed by atoms with van der Waals surface area (Å²) in [5.74, 6) is 0. The fourth-order valence-corrected chi connectivity index (χ4v) is 4.22. The zero-order valence-corrected chi connectivity index (χ0v) is 15.3. The van der Waals surface area contributed by atoms with Crippen LogP contribution < -0.4 is 5.32 Å². The van der Waals surface area contributed by atoms with Crippen LogP contribution in [0.3, 0.4) is 0 Å². The first-order chi connectivity index (χ1) is 8.33. The lowest BCUT2D eigenvalue weighted by Crippen LogP contribution is -2.45. The van der Waals surface area contributed by atoms with E-state index in [1.807, 2.05) is 11.3 Å². The van der Waals surface area contributed by atoms with E-state index in [2.05, 4.69) is 44.5 Å². The second-order valence-electron chi connectivity index (χ2n) is 4.58. The van der Waals surface area contributed by atoms with Gasteiger partial charge >= 0.3 is 0 Å². The van der Waals surface area contributed by atoms with E-state index in [0.717, 1.165) is 13.1 Å². The van der Waals surface area contributed by atoms with Crippen LogP contribution in [0.25, 0.3) is 0 Å². The molecule has 1 aromatic heterocycles. The fraction of sp³-hybridized carbons (Fsp3) is 0.692. The number of hydrogen-bond donors (Lipinski definition) is 1. The van der Waals surface area contributed by atoms with Crippen molar-refractivity contribution in [3.63, 3.8) is 0 Å². The summed E-state index contributed by atoms with van der Waals surface area (Å²) >= 11 is 5.59. The van der Waals surface area contributed by atoms with Crippen LogP contribution >= 0.6 is 52.1 Å². The highest BCUT2D eigenvalue weighted by Crippen LogP contribution is 2.35. The number of piperazine rings is 1. The van der Waals surface area contributed by atoms with Crippen molar-refractivity contribution < 1.29 is 0 Å². The smallest absolute Gasteiger partial charge is 0.0453 e. The maximum atomic E-state index is 3.69. The third-order valence-corrected chi connectivity index (χ3v) is 5.34. The van der Waals surface area contributed by atoms with Crippen LogP contribution in [0.2, 0.25) is 0 Å². The Morgan fingerprint density at radius 2 is 2.05 bits per heavy atom. The van der Waals surface area contributed by atoms with Crippen LogP contribution in [0.15, 0.2) is 15.9 Å². The number of hydrogen-bond acceptors (Lipinski definition) is 3. The number of rotatable bonds is 5. The Morgan fingerprint density at radius 3 is 2.58 bits per heavy atom. The first-order valence-corrected chi connectivity index (χ1v) is 8.18. The molecule has 0 aliphatic carbocycles. The van der Waals surface area contributed by atoms with Crippen molar-refractivity contribution in [2.75, 3.05) is 26.2 Å². The molecule has 0 aromatic carbocycles. The molecule has 0 spiro atoms. The summed E-state index contributed by atoms with van der Waals surface area (Å²) in [4.78, 5) is 4.16. The van der Waals surface area contributed by atoms with Gasteiger partial charge in [-0.05, 0) is 33.8 Å². The minimum atomic E-state index is 0. The molecule has 2 rings (SSSR count). The molecule has 0 saturated carbocycles. The average molecular weight is 390 g/mol. The van der Waals surface area contributed by atoms with Crippen LogP contribution in [0, 0.1) is 0 Å². The molecule has 2 nitrogen and oxygen atoms in total. The van der Waals surface area contributed by atoms with Gasteiger partial charge in [0.15, 0.2) is 0 Å². The van der Waals surface area contributed by atoms with Gasteiger partial charge in [-0.2, -0.15) is 0 Å². The molecule has 1 aromatic rings. The van der Waals surface area contributed by atoms with Crippen molar-refractivity contribution in [1.82, 2.24) is 10.2 Å². The van der Waals surface area contributed by atoms with E-state index in [1.54, 1.807) is 0 Å². The van der Waals surface area contributed by atoms with E-state index in [4.69, 9.17) is 0 Å². The number of thiophene rings is 1. The fourth-order valence-electron chi connectivity index (χ4n) is 2.41. The molecule has 0 amide bonds. The lowest BCUT2D eigenvalue weighted by atomic mass is 10.1. The Morgan fingerprint density at radius 1 is 1.37 bits per heavy atom. The van der Waals surface area contributed by atoms with Crippen LogP contribution in [-0.2, 0) is 0 Å². The van der Waals surface area contributed by atoms with E-state index in [0.29, 0.717) is 6.04 Å². The van der Waals surface area contributed by atoms with E-state index >= 15 is 0 Å². The van der Waals surface area contributed by atoms with Crippen molar-refractivity contribution in [3.8, 4) is 0 Å². The maximum absolute atomic E-state index is 3.69. The van der Waals surface area contributed by atoms with Gasteiger partial charge in [-0.1, -0.05) is 19.8 Å². The quantitative estimate of drug-likeness (QED) is 0.797. The number of halogens is 3. The molecule has 1 N–H and O–H groups in total. The summed E-state index contributed by atoms with van der Waals surface area (Å²) in [6.07, 6.45) is 3.89. The minimum absolute atomic E-state index is 0. The van der Waals surface area contributed by atoms with Crippen LogP contribution in [0.1, 0.15) is 37.1 Å². The van der Waals surface area contributed by atoms with E-state index in [-0.39, 0.29) is 24.8 Å². The summed E-state index contributed by atoms with van der Waals surface area (Å²) in [7, 11) is 0. The number of nitrogens with one attached hydrogen (secondary N) is 1. The topological polar surface area (TPSA) is 15.3 Å². The predicted molar refractivity (Wildman–Crippen MR) is 93.2 cm³/mol. The second kappa shape index (κ2) is 10.4. The Kier molecular flexibility index (Phi) is 10.8. The molecule has 1 aliphatic heterocycles. The van der Waals surface area contributed by atoms with Gasteiger partial charge < -0.3 is 5.32 Å². The molecule has 2 heterocycles. The Balaban J connectivity index is 0.00000162. The van der Waals surface area contributed by atoms with Crippen molar-refractivity contribution in [3.05, 3.63) is 20.8 Å². The average Bonchev–Trinajstić information content (AvgIpc) is 2.78. The van der Waals surface area contributed by atoms with Crippen LogP contribution in [0.4, 0.5) is 0 Å². The molecule has 1 aliphatic rings. The van der Waals surface area contributed by atoms with Crippen molar-refractivity contribution in [2.24, 2.45) is 0 Å². The number of nitrogens with zero attached hydrogens (tertiary/aromatic N) is 1. The van der Waals surface area contributed by atoms with Gasteiger partial charge in [0.05, 0.1) is 0 Å². The normalized spacial score (nSPS) is 17.4. The molecule has 0 bridgehead atoms. The van der Waals surface area contributed by atoms with Crippen molar-refractivity contribution in [1.29, 1.82) is 0 Å². The van der Waals surface area contributed by atoms with Gasteiger partial charge in [0, 0.05) is 41.6 Å². The maximum Gasteiger partial charge on any atom is 0.0453 e. The highest BCUT2D eigenvalue weighted by atomic mass is 79.9. The largest absolute Gasteiger partial charge is 0.314 e. The number of unbranched alkanes of at least 4 members (excludes halogenated alkanes) is 1. The summed E-state index contributed by atoms with van der Waals surface area (Å²) in [5, 5.41) is 5.63. The first-order valence-electron chi connectivity index (χ1n) is 6.50.